The first-order valence-electron chi connectivity index (χ1n) is 25.8. The molecule has 0 unspecified atom stereocenters. The van der Waals surface area contributed by atoms with E-state index in [1.165, 1.54) is 42.5 Å². The third kappa shape index (κ3) is 7.42. The number of carbonyl (C=O) groups excluding carboxylic acids is 1. The van der Waals surface area contributed by atoms with Crippen molar-refractivity contribution in [3.05, 3.63) is 242 Å². The Morgan fingerprint density at radius 3 is 1.37 bits per heavy atom. The summed E-state index contributed by atoms with van der Waals surface area (Å²) in [7, 11) is 0. The molecule has 9 atom stereocenters. The first kappa shape index (κ1) is 47.5. The fourth-order valence-corrected chi connectivity index (χ4v) is 13.9. The van der Waals surface area contributed by atoms with Gasteiger partial charge in [-0.25, -0.2) is 0 Å². The summed E-state index contributed by atoms with van der Waals surface area (Å²) in [6, 6.07) is 43.5. The highest BCUT2D eigenvalue weighted by Gasteiger charge is 2.59. The lowest BCUT2D eigenvalue weighted by atomic mass is 9.68. The fourth-order valence-electron chi connectivity index (χ4n) is 13.9. The molecule has 9 aromatic rings. The molecule has 0 saturated heterocycles. The minimum Gasteiger partial charge on any atom is -0.508 e. The first-order chi connectivity index (χ1) is 38.2. The molecule has 10 N–H and O–H groups in total. The van der Waals surface area contributed by atoms with Crippen LogP contribution in [-0.4, -0.2) is 57.0 Å². The van der Waals surface area contributed by atoms with Crippen LogP contribution in [-0.2, 0) is 4.79 Å². The molecule has 3 aliphatic heterocycles. The Morgan fingerprint density at radius 1 is 0.329 bits per heavy atom. The Bertz CT molecular complexity index is 3950. The van der Waals surface area contributed by atoms with Crippen molar-refractivity contribution in [3.8, 4) is 74.7 Å². The quantitative estimate of drug-likeness (QED) is 0.0527. The predicted octanol–water partition coefficient (Wildman–Crippen LogP) is 11.9. The van der Waals surface area contributed by atoms with Gasteiger partial charge in [0.2, 0.25) is 0 Å². The van der Waals surface area contributed by atoms with Gasteiger partial charge in [0, 0.05) is 75.6 Å². The van der Waals surface area contributed by atoms with Crippen molar-refractivity contribution in [1.82, 2.24) is 0 Å². The number of aromatic hydroxyl groups is 10. The number of ether oxygens (including phenoxy) is 3. The SMILES string of the molecule is O=C1C[C@H](c2ccc(O)cc2)c2c(c3c4c5c2O[C@@H](c2ccc(O)cc2)[C@@H]5c2cc(O)cc(O)c2[C@@H](c2ccc(O)cc2)[C@@H]4[C@@H](c2ccc(O)cc2)[C@@H]3c2cc(O)cc3c2[C@H](c2cc(O)cc(O)c2)[C@@H](c2ccc(O)cc2)O3)O1. The van der Waals surface area contributed by atoms with Crippen molar-refractivity contribution in [2.45, 2.75) is 60.1 Å². The molecule has 0 saturated carbocycles. The van der Waals surface area contributed by atoms with Crippen molar-refractivity contribution in [2.24, 2.45) is 0 Å². The number of benzene rings is 9. The van der Waals surface area contributed by atoms with Gasteiger partial charge in [-0.05, 0) is 135 Å². The number of phenols is 10. The van der Waals surface area contributed by atoms with Gasteiger partial charge in [0.15, 0.2) is 0 Å². The van der Waals surface area contributed by atoms with Crippen molar-refractivity contribution < 1.29 is 70.1 Å². The highest BCUT2D eigenvalue weighted by Crippen LogP contribution is 2.74. The van der Waals surface area contributed by atoms with Crippen molar-refractivity contribution in [2.75, 3.05) is 0 Å². The van der Waals surface area contributed by atoms with Gasteiger partial charge >= 0.3 is 5.97 Å². The van der Waals surface area contributed by atoms with Gasteiger partial charge in [-0.15, -0.1) is 0 Å². The second-order valence-corrected chi connectivity index (χ2v) is 21.2. The zero-order valence-corrected chi connectivity index (χ0v) is 41.6. The van der Waals surface area contributed by atoms with Crippen LogP contribution in [0, 0.1) is 0 Å². The smallest absolute Gasteiger partial charge is 0.312 e. The summed E-state index contributed by atoms with van der Waals surface area (Å²) in [4.78, 5) is 14.7. The molecule has 0 fully saturated rings. The third-order valence-corrected chi connectivity index (χ3v) is 16.8. The van der Waals surface area contributed by atoms with E-state index in [1.54, 1.807) is 109 Å². The van der Waals surface area contributed by atoms with E-state index in [0.29, 0.717) is 83.6 Å². The maximum absolute atomic E-state index is 14.7. The highest BCUT2D eigenvalue weighted by atomic mass is 16.5. The first-order valence-corrected chi connectivity index (χ1v) is 25.8. The molecule has 0 radical (unpaired) electrons. The summed E-state index contributed by atoms with van der Waals surface area (Å²) < 4.78 is 21.1. The van der Waals surface area contributed by atoms with Crippen molar-refractivity contribution in [3.63, 3.8) is 0 Å². The molecule has 14 heteroatoms. The molecule has 0 spiro atoms. The topological polar surface area (TPSA) is 247 Å². The number of carbonyl (C=O) groups is 1. The molecule has 14 rings (SSSR count). The maximum Gasteiger partial charge on any atom is 0.312 e. The van der Waals surface area contributed by atoms with Gasteiger partial charge in [-0.1, -0.05) is 60.7 Å². The average Bonchev–Trinajstić information content (AvgIpc) is 1.80. The molecule has 0 bridgehead atoms. The fraction of sp³-hybridized carbons (Fsp3) is 0.154. The second-order valence-electron chi connectivity index (χ2n) is 21.2. The molecule has 2 aliphatic carbocycles. The van der Waals surface area contributed by atoms with Crippen LogP contribution < -0.4 is 14.2 Å². The van der Waals surface area contributed by atoms with Crippen LogP contribution in [0.2, 0.25) is 0 Å². The van der Waals surface area contributed by atoms with E-state index in [2.05, 4.69) is 0 Å². The summed E-state index contributed by atoms with van der Waals surface area (Å²) in [5.74, 6) is -6.61. The van der Waals surface area contributed by atoms with Crippen LogP contribution in [0.15, 0.2) is 164 Å². The molecular formula is C65H48O14. The van der Waals surface area contributed by atoms with Crippen LogP contribution >= 0.6 is 0 Å². The molecular weight excluding hydrogens is 1000 g/mol. The zero-order chi connectivity index (χ0) is 54.3. The average molecular weight is 1050 g/mol. The van der Waals surface area contributed by atoms with Crippen LogP contribution in [0.3, 0.4) is 0 Å². The van der Waals surface area contributed by atoms with Crippen LogP contribution in [0.1, 0.15) is 138 Å². The number of hydrogen-bond donors (Lipinski definition) is 10. The number of esters is 1. The molecule has 79 heavy (non-hydrogen) atoms. The van der Waals surface area contributed by atoms with Gasteiger partial charge in [0.25, 0.3) is 0 Å². The molecule has 14 nitrogen and oxygen atoms in total. The van der Waals surface area contributed by atoms with E-state index < -0.39 is 59.6 Å². The zero-order valence-electron chi connectivity index (χ0n) is 41.6. The largest absolute Gasteiger partial charge is 0.508 e. The van der Waals surface area contributed by atoms with Gasteiger partial charge in [-0.2, -0.15) is 0 Å². The minimum atomic E-state index is -0.944. The Kier molecular flexibility index (Phi) is 10.5. The number of hydrogen-bond acceptors (Lipinski definition) is 14. The lowest BCUT2D eigenvalue weighted by molar-refractivity contribution is -0.135. The standard InChI is InChI=1S/C65H48O14/c66-35-11-1-29(2-12-35)44-28-49(76)78-64-57(44)65-61-56(63(79-65)33-9-19-39(70)20-10-33)45-24-42(73)26-47(75)53(45)50(30-3-13-36(67)14-4-30)58-51(31-5-15-37(68)16-6-31)55(60(64)59(58)61)46-25-43(74)27-48-54(46)52(34-21-40(71)23-41(72)22-34)62(77-48)32-7-17-38(69)18-8-32/h1-27,44,50-52,55-56,58,62-63,66-75H,28H2/t44-,50-,51+,52+,55+,56-,58-,62-,63+/m1/s1. The van der Waals surface area contributed by atoms with Gasteiger partial charge < -0.3 is 65.3 Å². The predicted molar refractivity (Wildman–Crippen MR) is 286 cm³/mol. The molecule has 3 heterocycles. The van der Waals surface area contributed by atoms with E-state index in [1.807, 2.05) is 12.1 Å². The molecule has 9 aromatic carbocycles. The van der Waals surface area contributed by atoms with E-state index in [9.17, 15) is 55.9 Å². The summed E-state index contributed by atoms with van der Waals surface area (Å²) in [5, 5.41) is 113. The Hall–Kier alpha value is -9.95. The summed E-state index contributed by atoms with van der Waals surface area (Å²) in [6.45, 7) is 0. The van der Waals surface area contributed by atoms with E-state index in [-0.39, 0.29) is 75.4 Å². The van der Waals surface area contributed by atoms with E-state index in [4.69, 9.17) is 14.2 Å². The second kappa shape index (κ2) is 17.5. The minimum absolute atomic E-state index is 0.00691. The Balaban J connectivity index is 1.17. The lowest BCUT2D eigenvalue weighted by Gasteiger charge is -2.35. The van der Waals surface area contributed by atoms with Crippen LogP contribution in [0.5, 0.6) is 74.7 Å². The van der Waals surface area contributed by atoms with E-state index >= 15 is 0 Å². The number of fused-ring (bicyclic) bond motifs is 6. The maximum atomic E-state index is 14.7. The molecule has 0 aromatic heterocycles. The molecule has 5 aliphatic rings. The lowest BCUT2D eigenvalue weighted by Crippen LogP contribution is -2.24. The van der Waals surface area contributed by atoms with Crippen LogP contribution in [0.4, 0.5) is 0 Å². The van der Waals surface area contributed by atoms with Gasteiger partial charge in [-0.3, -0.25) is 4.79 Å². The monoisotopic (exact) mass is 1050 g/mol. The summed E-state index contributed by atoms with van der Waals surface area (Å²) in [6.07, 6.45) is -1.92. The summed E-state index contributed by atoms with van der Waals surface area (Å²) in [5.41, 5.74) is 8.07. The van der Waals surface area contributed by atoms with Gasteiger partial charge in [0.05, 0.1) is 18.3 Å². The Labute approximate surface area is 450 Å². The van der Waals surface area contributed by atoms with Crippen LogP contribution in [0.25, 0.3) is 0 Å². The molecule has 392 valence electrons. The van der Waals surface area contributed by atoms with Gasteiger partial charge in [0.1, 0.15) is 87.0 Å². The van der Waals surface area contributed by atoms with Crippen molar-refractivity contribution in [1.29, 1.82) is 0 Å². The number of phenolic OH excluding ortho intramolecular Hbond substituents is 10. The third-order valence-electron chi connectivity index (χ3n) is 16.8. The number of rotatable bonds is 7. The summed E-state index contributed by atoms with van der Waals surface area (Å²) >= 11 is 0. The van der Waals surface area contributed by atoms with E-state index in [0.717, 1.165) is 0 Å². The molecule has 0 amide bonds. The highest BCUT2D eigenvalue weighted by molar-refractivity contribution is 5.85. The normalized spacial score (nSPS) is 22.8. The Morgan fingerprint density at radius 2 is 0.797 bits per heavy atom. The van der Waals surface area contributed by atoms with Crippen molar-refractivity contribution >= 4 is 5.97 Å².